The maximum Gasteiger partial charge on any atom is 0.251 e. The van der Waals surface area contributed by atoms with Crippen LogP contribution in [0.15, 0.2) is 42.5 Å². The molecule has 0 bridgehead atoms. The lowest BCUT2D eigenvalue weighted by molar-refractivity contribution is -0.130. The standard InChI is InChI=1S/C21H26N2O4/c1-5-23(14-16-9-7-6-8-10-16)20(24)13-22-21(25)17-11-18(26-3)15(2)19(12-17)27-4/h6-12H,5,13-14H2,1-4H3,(H,22,25). The molecule has 0 spiro atoms. The SMILES string of the molecule is CCN(Cc1ccccc1)C(=O)CNC(=O)c1cc(OC)c(C)c(OC)c1. The van der Waals surface area contributed by atoms with Crippen LogP contribution in [0.2, 0.25) is 0 Å². The fourth-order valence-electron chi connectivity index (χ4n) is 2.77. The Morgan fingerprint density at radius 1 is 1.04 bits per heavy atom. The first-order chi connectivity index (χ1) is 13.0. The molecule has 0 heterocycles. The number of carbonyl (C=O) groups is 2. The van der Waals surface area contributed by atoms with E-state index in [1.54, 1.807) is 17.0 Å². The molecule has 0 aliphatic rings. The molecule has 2 amide bonds. The average molecular weight is 370 g/mol. The van der Waals surface area contributed by atoms with Crippen molar-refractivity contribution in [2.45, 2.75) is 20.4 Å². The molecule has 6 nitrogen and oxygen atoms in total. The number of methoxy groups -OCH3 is 2. The number of amides is 2. The van der Waals surface area contributed by atoms with Crippen LogP contribution < -0.4 is 14.8 Å². The third kappa shape index (κ3) is 5.23. The van der Waals surface area contributed by atoms with Crippen molar-refractivity contribution in [3.8, 4) is 11.5 Å². The highest BCUT2D eigenvalue weighted by molar-refractivity contribution is 5.97. The van der Waals surface area contributed by atoms with E-state index in [0.717, 1.165) is 11.1 Å². The minimum absolute atomic E-state index is 0.0714. The van der Waals surface area contributed by atoms with Gasteiger partial charge in [0.2, 0.25) is 5.91 Å². The minimum atomic E-state index is -0.351. The Bertz CT molecular complexity index is 765. The zero-order chi connectivity index (χ0) is 19.8. The first kappa shape index (κ1) is 20.3. The number of likely N-dealkylation sites (N-methyl/N-ethyl adjacent to an activating group) is 1. The van der Waals surface area contributed by atoms with Crippen LogP contribution in [0.4, 0.5) is 0 Å². The summed E-state index contributed by atoms with van der Waals surface area (Å²) in [4.78, 5) is 26.6. The lowest BCUT2D eigenvalue weighted by Gasteiger charge is -2.21. The van der Waals surface area contributed by atoms with Crippen LogP contribution in [-0.4, -0.2) is 44.0 Å². The summed E-state index contributed by atoms with van der Waals surface area (Å²) in [5.74, 6) is 0.631. The van der Waals surface area contributed by atoms with Crippen molar-refractivity contribution in [3.63, 3.8) is 0 Å². The molecule has 0 atom stereocenters. The van der Waals surface area contributed by atoms with Crippen molar-refractivity contribution in [2.24, 2.45) is 0 Å². The molecule has 0 unspecified atom stereocenters. The molecule has 0 fully saturated rings. The first-order valence-electron chi connectivity index (χ1n) is 8.82. The van der Waals surface area contributed by atoms with E-state index in [1.165, 1.54) is 14.2 Å². The van der Waals surface area contributed by atoms with Crippen molar-refractivity contribution < 1.29 is 19.1 Å². The van der Waals surface area contributed by atoms with Gasteiger partial charge in [-0.1, -0.05) is 30.3 Å². The summed E-state index contributed by atoms with van der Waals surface area (Å²) in [5.41, 5.74) is 2.24. The molecule has 0 radical (unpaired) electrons. The van der Waals surface area contributed by atoms with Crippen molar-refractivity contribution >= 4 is 11.8 Å². The van der Waals surface area contributed by atoms with Crippen molar-refractivity contribution in [3.05, 3.63) is 59.2 Å². The van der Waals surface area contributed by atoms with Gasteiger partial charge in [0, 0.05) is 24.2 Å². The molecule has 0 aliphatic heterocycles. The summed E-state index contributed by atoms with van der Waals surface area (Å²) in [6.45, 7) is 4.77. The molecule has 144 valence electrons. The summed E-state index contributed by atoms with van der Waals surface area (Å²) in [6.07, 6.45) is 0. The molecular weight excluding hydrogens is 344 g/mol. The monoisotopic (exact) mass is 370 g/mol. The summed E-state index contributed by atoms with van der Waals surface area (Å²) in [7, 11) is 3.07. The fraction of sp³-hybridized carbons (Fsp3) is 0.333. The quantitative estimate of drug-likeness (QED) is 0.776. The highest BCUT2D eigenvalue weighted by Gasteiger charge is 2.16. The van der Waals surface area contributed by atoms with Gasteiger partial charge in [-0.05, 0) is 31.5 Å². The zero-order valence-electron chi connectivity index (χ0n) is 16.2. The molecule has 0 aliphatic carbocycles. The Morgan fingerprint density at radius 3 is 2.15 bits per heavy atom. The molecule has 2 aromatic carbocycles. The molecule has 0 aromatic heterocycles. The van der Waals surface area contributed by atoms with E-state index in [2.05, 4.69) is 5.32 Å². The molecule has 1 N–H and O–H groups in total. The van der Waals surface area contributed by atoms with E-state index in [1.807, 2.05) is 44.2 Å². The van der Waals surface area contributed by atoms with Gasteiger partial charge in [-0.3, -0.25) is 9.59 Å². The third-order valence-corrected chi connectivity index (χ3v) is 4.37. The number of carbonyl (C=O) groups excluding carboxylic acids is 2. The van der Waals surface area contributed by atoms with Gasteiger partial charge in [-0.15, -0.1) is 0 Å². The lowest BCUT2D eigenvalue weighted by atomic mass is 10.1. The van der Waals surface area contributed by atoms with E-state index in [4.69, 9.17) is 9.47 Å². The number of nitrogens with one attached hydrogen (secondary N) is 1. The smallest absolute Gasteiger partial charge is 0.251 e. The molecule has 27 heavy (non-hydrogen) atoms. The van der Waals surface area contributed by atoms with Crippen LogP contribution in [0.3, 0.4) is 0 Å². The van der Waals surface area contributed by atoms with Crippen LogP contribution in [0.25, 0.3) is 0 Å². The van der Waals surface area contributed by atoms with E-state index in [-0.39, 0.29) is 18.4 Å². The summed E-state index contributed by atoms with van der Waals surface area (Å²) < 4.78 is 10.6. The van der Waals surface area contributed by atoms with Crippen molar-refractivity contribution in [1.82, 2.24) is 10.2 Å². The normalized spacial score (nSPS) is 10.2. The van der Waals surface area contributed by atoms with E-state index >= 15 is 0 Å². The zero-order valence-corrected chi connectivity index (χ0v) is 16.2. The fourth-order valence-corrected chi connectivity index (χ4v) is 2.77. The van der Waals surface area contributed by atoms with Crippen LogP contribution in [0.5, 0.6) is 11.5 Å². The Hall–Kier alpha value is -3.02. The topological polar surface area (TPSA) is 67.9 Å². The minimum Gasteiger partial charge on any atom is -0.496 e. The van der Waals surface area contributed by atoms with Crippen LogP contribution >= 0.6 is 0 Å². The Labute approximate surface area is 160 Å². The van der Waals surface area contributed by atoms with Gasteiger partial charge in [-0.25, -0.2) is 0 Å². The predicted octanol–water partition coefficient (Wildman–Crippen LogP) is 2.79. The summed E-state index contributed by atoms with van der Waals surface area (Å²) in [6, 6.07) is 13.0. The number of hydrogen-bond donors (Lipinski definition) is 1. The maximum atomic E-state index is 12.5. The molecule has 6 heteroatoms. The average Bonchev–Trinajstić information content (AvgIpc) is 2.70. The Kier molecular flexibility index (Phi) is 7.23. The van der Waals surface area contributed by atoms with Gasteiger partial charge in [0.05, 0.1) is 20.8 Å². The number of rotatable bonds is 8. The molecule has 2 rings (SSSR count). The predicted molar refractivity (Wildman–Crippen MR) is 104 cm³/mol. The molecule has 0 saturated carbocycles. The third-order valence-electron chi connectivity index (χ3n) is 4.37. The van der Waals surface area contributed by atoms with E-state index in [9.17, 15) is 9.59 Å². The summed E-state index contributed by atoms with van der Waals surface area (Å²) >= 11 is 0. The van der Waals surface area contributed by atoms with Gasteiger partial charge in [0.15, 0.2) is 0 Å². The van der Waals surface area contributed by atoms with Gasteiger partial charge >= 0.3 is 0 Å². The first-order valence-corrected chi connectivity index (χ1v) is 8.82. The second-order valence-electron chi connectivity index (χ2n) is 6.08. The molecular formula is C21H26N2O4. The van der Waals surface area contributed by atoms with Gasteiger partial charge in [0.1, 0.15) is 11.5 Å². The van der Waals surface area contributed by atoms with Crippen LogP contribution in [-0.2, 0) is 11.3 Å². The van der Waals surface area contributed by atoms with Gasteiger partial charge in [-0.2, -0.15) is 0 Å². The Morgan fingerprint density at radius 2 is 1.63 bits per heavy atom. The maximum absolute atomic E-state index is 12.5. The molecule has 2 aromatic rings. The number of ether oxygens (including phenoxy) is 2. The lowest BCUT2D eigenvalue weighted by Crippen LogP contribution is -2.39. The second-order valence-corrected chi connectivity index (χ2v) is 6.08. The van der Waals surface area contributed by atoms with Gasteiger partial charge in [0.25, 0.3) is 5.91 Å². The summed E-state index contributed by atoms with van der Waals surface area (Å²) in [5, 5.41) is 2.68. The highest BCUT2D eigenvalue weighted by Crippen LogP contribution is 2.29. The van der Waals surface area contributed by atoms with Crippen LogP contribution in [0.1, 0.15) is 28.4 Å². The van der Waals surface area contributed by atoms with Crippen molar-refractivity contribution in [2.75, 3.05) is 27.3 Å². The largest absolute Gasteiger partial charge is 0.496 e. The number of hydrogen-bond acceptors (Lipinski definition) is 4. The Balaban J connectivity index is 2.02. The van der Waals surface area contributed by atoms with Crippen molar-refractivity contribution in [1.29, 1.82) is 0 Å². The van der Waals surface area contributed by atoms with Crippen LogP contribution in [0, 0.1) is 6.92 Å². The highest BCUT2D eigenvalue weighted by atomic mass is 16.5. The number of benzene rings is 2. The number of nitrogens with zero attached hydrogens (tertiary/aromatic N) is 1. The van der Waals surface area contributed by atoms with E-state index in [0.29, 0.717) is 30.2 Å². The molecule has 0 saturated heterocycles. The second kappa shape index (κ2) is 9.62. The van der Waals surface area contributed by atoms with Gasteiger partial charge < -0.3 is 19.7 Å². The van der Waals surface area contributed by atoms with E-state index < -0.39 is 0 Å².